The highest BCUT2D eigenvalue weighted by Crippen LogP contribution is 2.33. The molecule has 29 heavy (non-hydrogen) atoms. The van der Waals surface area contributed by atoms with Crippen LogP contribution in [-0.4, -0.2) is 53.8 Å². The standard InChI is InChI=1S/C19H16F3N3O4/c20-15-7-12(25-9-13(10-26)29-18(25)28)2-3-14(15)11-1-4-16(23-8-11)24-6-5-19(21,22)17(24)27/h1-4,7-8,13,26H,5-6,9-10H2/t13-/m1/s1. The fourth-order valence-electron chi connectivity index (χ4n) is 3.32. The van der Waals surface area contributed by atoms with Gasteiger partial charge in [-0.1, -0.05) is 0 Å². The van der Waals surface area contributed by atoms with Crippen molar-refractivity contribution in [2.45, 2.75) is 18.4 Å². The number of carbonyl (C=O) groups is 2. The van der Waals surface area contributed by atoms with Crippen molar-refractivity contribution in [2.24, 2.45) is 0 Å². The smallest absolute Gasteiger partial charge is 0.414 e. The molecule has 2 amide bonds. The van der Waals surface area contributed by atoms with E-state index in [-0.39, 0.29) is 36.8 Å². The van der Waals surface area contributed by atoms with E-state index < -0.39 is 36.3 Å². The zero-order valence-corrected chi connectivity index (χ0v) is 15.0. The molecule has 0 radical (unpaired) electrons. The molecule has 2 fully saturated rings. The van der Waals surface area contributed by atoms with Crippen LogP contribution in [0.4, 0.5) is 29.5 Å². The average Bonchev–Trinajstić information content (AvgIpc) is 3.21. The Labute approximate surface area is 163 Å². The van der Waals surface area contributed by atoms with Gasteiger partial charge >= 0.3 is 12.0 Å². The largest absolute Gasteiger partial charge is 0.441 e. The van der Waals surface area contributed by atoms with Crippen LogP contribution in [0.3, 0.4) is 0 Å². The SMILES string of the molecule is O=C1O[C@@H](CO)CN1c1ccc(-c2ccc(N3CCC(F)(F)C3=O)nc2)c(F)c1. The van der Waals surface area contributed by atoms with Gasteiger partial charge in [-0.15, -0.1) is 0 Å². The van der Waals surface area contributed by atoms with Crippen LogP contribution in [0.25, 0.3) is 11.1 Å². The minimum atomic E-state index is -3.39. The van der Waals surface area contributed by atoms with Crippen LogP contribution in [0.2, 0.25) is 0 Å². The number of hydrogen-bond acceptors (Lipinski definition) is 5. The normalized spacial score (nSPS) is 21.0. The third kappa shape index (κ3) is 3.39. The maximum atomic E-state index is 14.6. The molecule has 152 valence electrons. The Balaban J connectivity index is 1.55. The number of aliphatic hydroxyl groups excluding tert-OH is 1. The summed E-state index contributed by atoms with van der Waals surface area (Å²) < 4.78 is 46.4. The van der Waals surface area contributed by atoms with Crippen LogP contribution < -0.4 is 9.80 Å². The van der Waals surface area contributed by atoms with Gasteiger partial charge in [-0.2, -0.15) is 8.78 Å². The molecule has 3 heterocycles. The summed E-state index contributed by atoms with van der Waals surface area (Å²) in [5.41, 5.74) is 0.854. The first kappa shape index (κ1) is 19.2. The van der Waals surface area contributed by atoms with E-state index in [2.05, 4.69) is 4.98 Å². The molecule has 1 atom stereocenters. The molecule has 0 saturated carbocycles. The Morgan fingerprint density at radius 2 is 2.00 bits per heavy atom. The molecule has 1 aromatic carbocycles. The second-order valence-electron chi connectivity index (χ2n) is 6.78. The molecule has 0 aliphatic carbocycles. The van der Waals surface area contributed by atoms with E-state index in [1.165, 1.54) is 35.4 Å². The molecule has 10 heteroatoms. The van der Waals surface area contributed by atoms with Crippen molar-refractivity contribution in [1.82, 2.24) is 4.98 Å². The Morgan fingerprint density at radius 1 is 1.21 bits per heavy atom. The number of ether oxygens (including phenoxy) is 1. The van der Waals surface area contributed by atoms with E-state index in [9.17, 15) is 22.8 Å². The summed E-state index contributed by atoms with van der Waals surface area (Å²) in [6.07, 6.45) is -0.609. The molecule has 7 nitrogen and oxygen atoms in total. The number of anilines is 2. The molecule has 2 aliphatic rings. The minimum Gasteiger partial charge on any atom is -0.441 e. The highest BCUT2D eigenvalue weighted by atomic mass is 19.3. The predicted molar refractivity (Wildman–Crippen MR) is 96.2 cm³/mol. The number of alkyl halides is 2. The van der Waals surface area contributed by atoms with Gasteiger partial charge in [-0.25, -0.2) is 14.2 Å². The first-order chi connectivity index (χ1) is 13.8. The summed E-state index contributed by atoms with van der Waals surface area (Å²) >= 11 is 0. The lowest BCUT2D eigenvalue weighted by molar-refractivity contribution is -0.137. The second-order valence-corrected chi connectivity index (χ2v) is 6.78. The lowest BCUT2D eigenvalue weighted by Crippen LogP contribution is -2.33. The number of halogens is 3. The Bertz CT molecular complexity index is 968. The summed E-state index contributed by atoms with van der Waals surface area (Å²) in [4.78, 5) is 29.6. The van der Waals surface area contributed by atoms with Crippen LogP contribution in [0.5, 0.6) is 0 Å². The Morgan fingerprint density at radius 3 is 2.55 bits per heavy atom. The van der Waals surface area contributed by atoms with Crippen LogP contribution in [0.1, 0.15) is 6.42 Å². The van der Waals surface area contributed by atoms with Gasteiger partial charge in [0.15, 0.2) is 0 Å². The monoisotopic (exact) mass is 407 g/mol. The number of carbonyl (C=O) groups excluding carboxylic acids is 2. The number of aromatic nitrogens is 1. The summed E-state index contributed by atoms with van der Waals surface area (Å²) in [6.45, 7) is -0.354. The molecule has 0 spiro atoms. The van der Waals surface area contributed by atoms with Crippen molar-refractivity contribution in [3.8, 4) is 11.1 Å². The zero-order valence-electron chi connectivity index (χ0n) is 15.0. The van der Waals surface area contributed by atoms with Crippen molar-refractivity contribution < 1.29 is 32.6 Å². The van der Waals surface area contributed by atoms with Gasteiger partial charge in [0.25, 0.3) is 5.91 Å². The van der Waals surface area contributed by atoms with E-state index in [0.717, 1.165) is 11.0 Å². The topological polar surface area (TPSA) is 83.0 Å². The van der Waals surface area contributed by atoms with E-state index >= 15 is 0 Å². The molecule has 1 N–H and O–H groups in total. The summed E-state index contributed by atoms with van der Waals surface area (Å²) in [6, 6.07) is 7.00. The highest BCUT2D eigenvalue weighted by molar-refractivity contribution is 6.00. The minimum absolute atomic E-state index is 0.0720. The molecule has 2 aliphatic heterocycles. The maximum absolute atomic E-state index is 14.6. The first-order valence-electron chi connectivity index (χ1n) is 8.85. The number of hydrogen-bond donors (Lipinski definition) is 1. The Kier molecular flexibility index (Phi) is 4.65. The maximum Gasteiger partial charge on any atom is 0.414 e. The van der Waals surface area contributed by atoms with Crippen molar-refractivity contribution in [3.05, 3.63) is 42.3 Å². The summed E-state index contributed by atoms with van der Waals surface area (Å²) in [7, 11) is 0. The molecular weight excluding hydrogens is 391 g/mol. The quantitative estimate of drug-likeness (QED) is 0.843. The third-order valence-electron chi connectivity index (χ3n) is 4.88. The van der Waals surface area contributed by atoms with Crippen molar-refractivity contribution in [3.63, 3.8) is 0 Å². The van der Waals surface area contributed by atoms with E-state index in [0.29, 0.717) is 5.56 Å². The van der Waals surface area contributed by atoms with Gasteiger partial charge in [0, 0.05) is 30.3 Å². The van der Waals surface area contributed by atoms with Crippen LogP contribution >= 0.6 is 0 Å². The van der Waals surface area contributed by atoms with Gasteiger partial charge in [0.2, 0.25) is 0 Å². The van der Waals surface area contributed by atoms with Gasteiger partial charge in [-0.3, -0.25) is 14.6 Å². The number of nitrogens with zero attached hydrogens (tertiary/aromatic N) is 3. The van der Waals surface area contributed by atoms with Crippen LogP contribution in [0.15, 0.2) is 36.5 Å². The molecule has 2 saturated heterocycles. The number of rotatable bonds is 4. The zero-order chi connectivity index (χ0) is 20.8. The predicted octanol–water partition coefficient (Wildman–Crippen LogP) is 2.58. The number of benzene rings is 1. The molecule has 2 aromatic rings. The summed E-state index contributed by atoms with van der Waals surface area (Å²) in [5, 5.41) is 9.09. The number of amides is 2. The summed E-state index contributed by atoms with van der Waals surface area (Å²) in [5.74, 6) is -5.25. The third-order valence-corrected chi connectivity index (χ3v) is 4.88. The van der Waals surface area contributed by atoms with E-state index in [1.54, 1.807) is 0 Å². The molecule has 4 rings (SSSR count). The van der Waals surface area contributed by atoms with Gasteiger partial charge in [0.1, 0.15) is 17.7 Å². The van der Waals surface area contributed by atoms with Crippen LogP contribution in [0, 0.1) is 5.82 Å². The lowest BCUT2D eigenvalue weighted by atomic mass is 10.1. The Hall–Kier alpha value is -3.14. The van der Waals surface area contributed by atoms with Crippen LogP contribution in [-0.2, 0) is 9.53 Å². The van der Waals surface area contributed by atoms with Crippen molar-refractivity contribution in [1.29, 1.82) is 0 Å². The molecule has 0 unspecified atom stereocenters. The fraction of sp³-hybridized carbons (Fsp3) is 0.316. The van der Waals surface area contributed by atoms with E-state index in [4.69, 9.17) is 9.84 Å². The van der Waals surface area contributed by atoms with Gasteiger partial charge in [0.05, 0.1) is 18.8 Å². The van der Waals surface area contributed by atoms with Gasteiger partial charge < -0.3 is 9.84 Å². The van der Waals surface area contributed by atoms with Crippen molar-refractivity contribution >= 4 is 23.5 Å². The highest BCUT2D eigenvalue weighted by Gasteiger charge is 2.48. The first-order valence-corrected chi connectivity index (χ1v) is 8.85. The van der Waals surface area contributed by atoms with Crippen molar-refractivity contribution in [2.75, 3.05) is 29.5 Å². The number of cyclic esters (lactones) is 1. The molecule has 0 bridgehead atoms. The lowest BCUT2D eigenvalue weighted by Gasteiger charge is -2.16. The fourth-order valence-corrected chi connectivity index (χ4v) is 3.32. The van der Waals surface area contributed by atoms with Gasteiger partial charge in [-0.05, 0) is 30.3 Å². The molecule has 1 aromatic heterocycles. The average molecular weight is 407 g/mol. The second kappa shape index (κ2) is 7.03. The van der Waals surface area contributed by atoms with E-state index in [1.807, 2.05) is 0 Å². The number of aliphatic hydroxyl groups is 1. The number of pyridine rings is 1. The molecular formula is C19H16F3N3O4.